The molecule has 3 aromatic carbocycles. The molecule has 3 rings (SSSR count). The highest BCUT2D eigenvalue weighted by Crippen LogP contribution is 2.47. The van der Waals surface area contributed by atoms with E-state index in [9.17, 15) is 29.5 Å². The third-order valence-corrected chi connectivity index (χ3v) is 13.9. The van der Waals surface area contributed by atoms with Crippen LogP contribution >= 0.6 is 11.8 Å². The van der Waals surface area contributed by atoms with Crippen LogP contribution in [0.15, 0.2) is 99.8 Å². The molecular weight excluding hydrogens is 593 g/mol. The average molecular weight is 619 g/mol. The highest BCUT2D eigenvalue weighted by Gasteiger charge is 2.39. The quantitative estimate of drug-likeness (QED) is 0.334. The lowest BCUT2D eigenvalue weighted by atomic mass is 10.3. The molecule has 0 amide bonds. The molecule has 3 atom stereocenters. The molecule has 0 radical (unpaired) electrons. The highest BCUT2D eigenvalue weighted by atomic mass is 32.2. The van der Waals surface area contributed by atoms with Crippen molar-refractivity contribution in [3.63, 3.8) is 0 Å². The zero-order valence-electron chi connectivity index (χ0n) is 20.5. The van der Waals surface area contributed by atoms with Crippen LogP contribution < -0.4 is 0 Å². The number of sulfone groups is 2. The number of hydrogen-bond acceptors (Lipinski definition) is 8. The summed E-state index contributed by atoms with van der Waals surface area (Å²) in [4.78, 5) is -1.12. The van der Waals surface area contributed by atoms with Gasteiger partial charge in [0, 0.05) is 28.1 Å². The van der Waals surface area contributed by atoms with E-state index in [1.165, 1.54) is 13.2 Å². The molecule has 0 aliphatic carbocycles. The Kier molecular flexibility index (Phi) is 9.73. The van der Waals surface area contributed by atoms with E-state index in [2.05, 4.69) is 0 Å². The summed E-state index contributed by atoms with van der Waals surface area (Å²) < 4.78 is 94.3. The maximum atomic E-state index is 14.1. The topological polar surface area (TPSA) is 119 Å². The van der Waals surface area contributed by atoms with Crippen LogP contribution in [0, 0.1) is 0 Å². The van der Waals surface area contributed by atoms with E-state index in [-0.39, 0.29) is 25.3 Å². The molecule has 3 aromatic rings. The predicted octanol–water partition coefficient (Wildman–Crippen LogP) is 4.07. The third kappa shape index (κ3) is 6.34. The molecule has 0 fully saturated rings. The van der Waals surface area contributed by atoms with Crippen LogP contribution in [0.25, 0.3) is 0 Å². The Morgan fingerprint density at radius 1 is 0.757 bits per heavy atom. The predicted molar refractivity (Wildman–Crippen MR) is 148 cm³/mol. The van der Waals surface area contributed by atoms with Crippen molar-refractivity contribution in [3.05, 3.63) is 60.7 Å². The first-order chi connectivity index (χ1) is 17.3. The Bertz CT molecular complexity index is 1600. The van der Waals surface area contributed by atoms with Crippen LogP contribution in [0.4, 0.5) is 0 Å². The molecule has 0 aromatic heterocycles. The number of hydrogen-bond donors (Lipinski definition) is 0. The first-order valence-electron chi connectivity index (χ1n) is 10.9. The van der Waals surface area contributed by atoms with Gasteiger partial charge < -0.3 is 0 Å². The van der Waals surface area contributed by atoms with Crippen LogP contribution in [-0.4, -0.2) is 53.5 Å². The zero-order valence-corrected chi connectivity index (χ0v) is 25.4. The van der Waals surface area contributed by atoms with Crippen molar-refractivity contribution in [1.82, 2.24) is 0 Å². The van der Waals surface area contributed by atoms with Gasteiger partial charge in [-0.15, -0.1) is 0 Å². The van der Waals surface area contributed by atoms with Crippen molar-refractivity contribution in [3.8, 4) is 0 Å². The van der Waals surface area contributed by atoms with Gasteiger partial charge in [-0.1, -0.05) is 62.0 Å². The SMILES string of the molecule is CCS(=O)c1c(S(C)=O)c(S(=O)c2ccccc2)c(Sc2ccccc2)c(S(=O)(=O)CC)c1S(C)(=O)=O. The smallest absolute Gasteiger partial charge is 0.180 e. The van der Waals surface area contributed by atoms with Gasteiger partial charge in [-0.2, -0.15) is 0 Å². The molecule has 13 heteroatoms. The molecule has 0 N–H and O–H groups in total. The lowest BCUT2D eigenvalue weighted by molar-refractivity contribution is 0.574. The fourth-order valence-corrected chi connectivity index (χ4v) is 13.2. The molecule has 0 saturated heterocycles. The summed E-state index contributed by atoms with van der Waals surface area (Å²) in [6, 6.07) is 16.8. The van der Waals surface area contributed by atoms with Crippen molar-refractivity contribution < 1.29 is 29.5 Å². The van der Waals surface area contributed by atoms with E-state index in [0.717, 1.165) is 18.0 Å². The second-order valence-corrected chi connectivity index (χ2v) is 17.4. The van der Waals surface area contributed by atoms with Gasteiger partial charge in [0.15, 0.2) is 19.7 Å². The average Bonchev–Trinajstić information content (AvgIpc) is 2.87. The summed E-state index contributed by atoms with van der Waals surface area (Å²) >= 11 is 0.926. The Morgan fingerprint density at radius 3 is 1.76 bits per heavy atom. The third-order valence-electron chi connectivity index (χ3n) is 5.18. The van der Waals surface area contributed by atoms with E-state index >= 15 is 0 Å². The molecule has 0 aliphatic heterocycles. The van der Waals surface area contributed by atoms with Crippen LogP contribution in [0.2, 0.25) is 0 Å². The molecule has 0 heterocycles. The van der Waals surface area contributed by atoms with Crippen molar-refractivity contribution >= 4 is 63.8 Å². The Morgan fingerprint density at radius 2 is 1.30 bits per heavy atom. The van der Waals surface area contributed by atoms with Crippen LogP contribution in [-0.2, 0) is 52.1 Å². The second kappa shape index (κ2) is 12.0. The lowest BCUT2D eigenvalue weighted by Gasteiger charge is -2.23. The van der Waals surface area contributed by atoms with Crippen molar-refractivity contribution in [2.45, 2.75) is 53.0 Å². The molecule has 0 saturated carbocycles. The summed E-state index contributed by atoms with van der Waals surface area (Å²) in [5.74, 6) is -0.525. The van der Waals surface area contributed by atoms with Gasteiger partial charge >= 0.3 is 0 Å². The van der Waals surface area contributed by atoms with Gasteiger partial charge in [-0.05, 0) is 24.3 Å². The molecule has 7 nitrogen and oxygen atoms in total. The summed E-state index contributed by atoms with van der Waals surface area (Å²) in [6.07, 6.45) is 2.11. The minimum absolute atomic E-state index is 0.0685. The van der Waals surface area contributed by atoms with Gasteiger partial charge in [0.1, 0.15) is 9.79 Å². The van der Waals surface area contributed by atoms with Gasteiger partial charge in [-0.25, -0.2) is 21.0 Å². The standard InChI is InChI=1S/C24H26O7S6/c1-5-34(26)22-21(33(3)25)20(35(27)18-15-11-8-12-16-18)19(32-17-13-9-7-10-14-17)23(37(30,31)6-2)24(22)36(4,28)29/h7-16H,5-6H2,1-4H3. The van der Waals surface area contributed by atoms with Crippen molar-refractivity contribution in [2.75, 3.05) is 24.0 Å². The first kappa shape index (κ1) is 29.9. The molecular formula is C24H26O7S6. The van der Waals surface area contributed by atoms with E-state index < -0.39 is 67.6 Å². The number of benzene rings is 3. The Labute approximate surface area is 229 Å². The van der Waals surface area contributed by atoms with E-state index in [1.807, 2.05) is 0 Å². The Hall–Kier alpha value is -1.64. The van der Waals surface area contributed by atoms with E-state index in [4.69, 9.17) is 0 Å². The minimum Gasteiger partial charge on any atom is -0.255 e. The van der Waals surface area contributed by atoms with Gasteiger partial charge in [0.05, 0.1) is 57.7 Å². The zero-order chi connectivity index (χ0) is 27.5. The minimum atomic E-state index is -4.31. The second-order valence-electron chi connectivity index (χ2n) is 7.74. The van der Waals surface area contributed by atoms with E-state index in [1.54, 1.807) is 67.6 Å². The van der Waals surface area contributed by atoms with Crippen molar-refractivity contribution in [1.29, 1.82) is 0 Å². The summed E-state index contributed by atoms with van der Waals surface area (Å²) in [7, 11) is -14.7. The van der Waals surface area contributed by atoms with Crippen molar-refractivity contribution in [2.24, 2.45) is 0 Å². The van der Waals surface area contributed by atoms with Gasteiger partial charge in [-0.3, -0.25) is 8.42 Å². The molecule has 3 unspecified atom stereocenters. The molecule has 0 aliphatic rings. The molecule has 37 heavy (non-hydrogen) atoms. The Balaban J connectivity index is 2.74. The summed E-state index contributed by atoms with van der Waals surface area (Å²) in [5, 5.41) is 0. The molecule has 0 spiro atoms. The van der Waals surface area contributed by atoms with Gasteiger partial charge in [0.25, 0.3) is 0 Å². The maximum Gasteiger partial charge on any atom is 0.180 e. The largest absolute Gasteiger partial charge is 0.255 e. The van der Waals surface area contributed by atoms with Gasteiger partial charge in [0.2, 0.25) is 0 Å². The first-order valence-corrected chi connectivity index (χ1v) is 19.3. The van der Waals surface area contributed by atoms with Crippen LogP contribution in [0.1, 0.15) is 13.8 Å². The molecule has 200 valence electrons. The fourth-order valence-electron chi connectivity index (χ4n) is 3.52. The highest BCUT2D eigenvalue weighted by molar-refractivity contribution is 8.01. The van der Waals surface area contributed by atoms with E-state index in [0.29, 0.717) is 9.79 Å². The summed E-state index contributed by atoms with van der Waals surface area (Å²) in [6.45, 7) is 2.91. The summed E-state index contributed by atoms with van der Waals surface area (Å²) in [5.41, 5.74) is 0. The molecule has 0 bridgehead atoms. The number of rotatable bonds is 10. The monoisotopic (exact) mass is 618 g/mol. The lowest BCUT2D eigenvalue weighted by Crippen LogP contribution is -2.20. The fraction of sp³-hybridized carbons (Fsp3) is 0.250. The normalized spacial score (nSPS) is 14.7. The van der Waals surface area contributed by atoms with Crippen LogP contribution in [0.3, 0.4) is 0 Å². The maximum absolute atomic E-state index is 14.1. The van der Waals surface area contributed by atoms with Crippen LogP contribution in [0.5, 0.6) is 0 Å².